The van der Waals surface area contributed by atoms with Crippen LogP contribution in [0.25, 0.3) is 0 Å². The van der Waals surface area contributed by atoms with Gasteiger partial charge < -0.3 is 5.32 Å². The van der Waals surface area contributed by atoms with E-state index in [9.17, 15) is 13.2 Å². The lowest BCUT2D eigenvalue weighted by Crippen LogP contribution is -2.28. The van der Waals surface area contributed by atoms with Gasteiger partial charge in [-0.3, -0.25) is 9.35 Å². The van der Waals surface area contributed by atoms with Crippen LogP contribution in [0.1, 0.15) is 19.8 Å². The lowest BCUT2D eigenvalue weighted by molar-refractivity contribution is -0.120. The second kappa shape index (κ2) is 5.10. The summed E-state index contributed by atoms with van der Waals surface area (Å²) in [6.45, 7) is 1.82. The normalized spacial score (nSPS) is 11.2. The molecule has 72 valence electrons. The highest BCUT2D eigenvalue weighted by Gasteiger charge is 2.04. The largest absolute Gasteiger partial charge is 0.355 e. The molecule has 2 N–H and O–H groups in total. The SMILES string of the molecule is CCCC(=O)NCCS(=O)(=O)O. The van der Waals surface area contributed by atoms with Gasteiger partial charge in [0.05, 0.1) is 5.75 Å². The number of amides is 1. The molecule has 0 aromatic rings. The Bertz CT molecular complexity index is 234. The molecule has 6 heteroatoms. The third kappa shape index (κ3) is 7.49. The predicted molar refractivity (Wildman–Crippen MR) is 44.3 cm³/mol. The van der Waals surface area contributed by atoms with Crippen LogP contribution in [0, 0.1) is 0 Å². The number of rotatable bonds is 5. The van der Waals surface area contributed by atoms with Gasteiger partial charge in [-0.1, -0.05) is 6.92 Å². The van der Waals surface area contributed by atoms with Gasteiger partial charge in [-0.25, -0.2) is 0 Å². The minimum absolute atomic E-state index is 0.0301. The van der Waals surface area contributed by atoms with Crippen molar-refractivity contribution in [2.24, 2.45) is 0 Å². The van der Waals surface area contributed by atoms with Crippen LogP contribution in [0.5, 0.6) is 0 Å². The molecular weight excluding hydrogens is 182 g/mol. The minimum Gasteiger partial charge on any atom is -0.355 e. The molecule has 0 spiro atoms. The van der Waals surface area contributed by atoms with Crippen molar-refractivity contribution in [3.63, 3.8) is 0 Å². The fraction of sp³-hybridized carbons (Fsp3) is 0.833. The van der Waals surface area contributed by atoms with Gasteiger partial charge in [0, 0.05) is 13.0 Å². The Morgan fingerprint density at radius 2 is 2.08 bits per heavy atom. The van der Waals surface area contributed by atoms with Gasteiger partial charge in [0.2, 0.25) is 5.91 Å². The summed E-state index contributed by atoms with van der Waals surface area (Å²) in [7, 11) is -3.95. The van der Waals surface area contributed by atoms with Gasteiger partial charge in [-0.15, -0.1) is 0 Å². The van der Waals surface area contributed by atoms with E-state index in [4.69, 9.17) is 4.55 Å². The summed E-state index contributed by atoms with van der Waals surface area (Å²) in [4.78, 5) is 10.7. The van der Waals surface area contributed by atoms with E-state index < -0.39 is 15.9 Å². The van der Waals surface area contributed by atoms with Gasteiger partial charge in [-0.05, 0) is 6.42 Å². The summed E-state index contributed by atoms with van der Waals surface area (Å²) >= 11 is 0. The molecule has 0 unspecified atom stereocenters. The molecule has 0 radical (unpaired) electrons. The number of hydrogen-bond acceptors (Lipinski definition) is 3. The van der Waals surface area contributed by atoms with Crippen molar-refractivity contribution in [3.8, 4) is 0 Å². The van der Waals surface area contributed by atoms with E-state index >= 15 is 0 Å². The molecule has 0 saturated heterocycles. The molecule has 0 rings (SSSR count). The van der Waals surface area contributed by atoms with Crippen molar-refractivity contribution in [1.82, 2.24) is 5.32 Å². The molecule has 5 nitrogen and oxygen atoms in total. The van der Waals surface area contributed by atoms with Crippen molar-refractivity contribution in [2.45, 2.75) is 19.8 Å². The van der Waals surface area contributed by atoms with Gasteiger partial charge >= 0.3 is 0 Å². The average molecular weight is 195 g/mol. The molecule has 0 heterocycles. The van der Waals surface area contributed by atoms with Crippen molar-refractivity contribution in [2.75, 3.05) is 12.3 Å². The maximum absolute atomic E-state index is 10.7. The van der Waals surface area contributed by atoms with Gasteiger partial charge in [0.25, 0.3) is 10.1 Å². The Morgan fingerprint density at radius 1 is 1.50 bits per heavy atom. The van der Waals surface area contributed by atoms with E-state index in [2.05, 4.69) is 5.32 Å². The Labute approximate surface area is 71.9 Å². The standard InChI is InChI=1S/C6H13NO4S/c1-2-3-6(8)7-4-5-12(9,10)11/h2-5H2,1H3,(H,7,8)(H,9,10,11). The van der Waals surface area contributed by atoms with Crippen molar-refractivity contribution in [1.29, 1.82) is 0 Å². The third-order valence-electron chi connectivity index (χ3n) is 1.16. The van der Waals surface area contributed by atoms with E-state index in [-0.39, 0.29) is 12.5 Å². The van der Waals surface area contributed by atoms with E-state index in [1.54, 1.807) is 0 Å². The van der Waals surface area contributed by atoms with Crippen LogP contribution in [0.4, 0.5) is 0 Å². The number of carbonyl (C=O) groups excluding carboxylic acids is 1. The molecule has 0 saturated carbocycles. The summed E-state index contributed by atoms with van der Waals surface area (Å²) in [6, 6.07) is 0. The highest BCUT2D eigenvalue weighted by molar-refractivity contribution is 7.85. The second-order valence-corrected chi connectivity index (χ2v) is 3.96. The van der Waals surface area contributed by atoms with Gasteiger partial charge in [0.1, 0.15) is 0 Å². The maximum Gasteiger partial charge on any atom is 0.266 e. The second-order valence-electron chi connectivity index (χ2n) is 2.39. The minimum atomic E-state index is -3.95. The van der Waals surface area contributed by atoms with Crippen molar-refractivity contribution in [3.05, 3.63) is 0 Å². The van der Waals surface area contributed by atoms with Crippen LogP contribution >= 0.6 is 0 Å². The van der Waals surface area contributed by atoms with Crippen molar-refractivity contribution >= 4 is 16.0 Å². The zero-order valence-corrected chi connectivity index (χ0v) is 7.73. The number of hydrogen-bond donors (Lipinski definition) is 2. The smallest absolute Gasteiger partial charge is 0.266 e. The molecule has 0 aliphatic rings. The van der Waals surface area contributed by atoms with Crippen molar-refractivity contribution < 1.29 is 17.8 Å². The topological polar surface area (TPSA) is 83.5 Å². The monoisotopic (exact) mass is 195 g/mol. The van der Waals surface area contributed by atoms with Crippen LogP contribution in [0.2, 0.25) is 0 Å². The zero-order valence-electron chi connectivity index (χ0n) is 6.91. The Morgan fingerprint density at radius 3 is 2.50 bits per heavy atom. The predicted octanol–water partition coefficient (Wildman–Crippen LogP) is -0.209. The zero-order chi connectivity index (χ0) is 9.61. The fourth-order valence-electron chi connectivity index (χ4n) is 0.635. The first-order chi connectivity index (χ1) is 5.45. The summed E-state index contributed by atoms with van der Waals surface area (Å²) in [5.41, 5.74) is 0. The van der Waals surface area contributed by atoms with Gasteiger partial charge in [0.15, 0.2) is 0 Å². The molecule has 1 amide bonds. The molecule has 12 heavy (non-hydrogen) atoms. The lowest BCUT2D eigenvalue weighted by Gasteiger charge is -2.01. The van der Waals surface area contributed by atoms with Crippen LogP contribution in [0.3, 0.4) is 0 Å². The number of carbonyl (C=O) groups is 1. The summed E-state index contributed by atoms with van der Waals surface area (Å²) < 4.78 is 28.6. The maximum atomic E-state index is 10.7. The quantitative estimate of drug-likeness (QED) is 0.594. The fourth-order valence-corrected chi connectivity index (χ4v) is 0.995. The summed E-state index contributed by atoms with van der Waals surface area (Å²) in [5.74, 6) is -0.622. The van der Waals surface area contributed by atoms with Crippen LogP contribution < -0.4 is 5.32 Å². The Hall–Kier alpha value is -0.620. The third-order valence-corrected chi connectivity index (χ3v) is 1.88. The first-order valence-corrected chi connectivity index (χ1v) is 5.28. The molecule has 0 aromatic carbocycles. The van der Waals surface area contributed by atoms with E-state index in [1.807, 2.05) is 6.92 Å². The Kier molecular flexibility index (Phi) is 4.84. The molecular formula is C6H13NO4S. The van der Waals surface area contributed by atoms with Crippen LogP contribution in [-0.4, -0.2) is 31.2 Å². The molecule has 0 bridgehead atoms. The lowest BCUT2D eigenvalue weighted by atomic mass is 10.3. The molecule has 0 aromatic heterocycles. The molecule has 0 fully saturated rings. The van der Waals surface area contributed by atoms with Gasteiger partial charge in [-0.2, -0.15) is 8.42 Å². The first-order valence-electron chi connectivity index (χ1n) is 3.67. The summed E-state index contributed by atoms with van der Waals surface area (Å²) in [6.07, 6.45) is 1.10. The van der Waals surface area contributed by atoms with Crippen LogP contribution in [-0.2, 0) is 14.9 Å². The molecule has 0 aliphatic heterocycles. The van der Waals surface area contributed by atoms with Crippen LogP contribution in [0.15, 0.2) is 0 Å². The summed E-state index contributed by atoms with van der Waals surface area (Å²) in [5, 5.41) is 2.36. The molecule has 0 aliphatic carbocycles. The van der Waals surface area contributed by atoms with E-state index in [0.29, 0.717) is 6.42 Å². The number of nitrogens with one attached hydrogen (secondary N) is 1. The van der Waals surface area contributed by atoms with E-state index in [1.165, 1.54) is 0 Å². The molecule has 0 atom stereocenters. The average Bonchev–Trinajstić information content (AvgIpc) is 1.84. The highest BCUT2D eigenvalue weighted by atomic mass is 32.2. The Balaban J connectivity index is 3.51. The highest BCUT2D eigenvalue weighted by Crippen LogP contribution is 1.85. The first kappa shape index (κ1) is 11.4. The van der Waals surface area contributed by atoms with E-state index in [0.717, 1.165) is 6.42 Å².